The molecular formula is C22H26N4O3S2. The van der Waals surface area contributed by atoms with Crippen LogP contribution >= 0.6 is 24.0 Å². The Morgan fingerprint density at radius 1 is 1.45 bits per heavy atom. The van der Waals surface area contributed by atoms with Crippen LogP contribution in [-0.2, 0) is 9.53 Å². The Morgan fingerprint density at radius 3 is 2.97 bits per heavy atom. The third kappa shape index (κ3) is 4.26. The Hall–Kier alpha value is -2.23. The molecule has 9 heteroatoms. The molecule has 164 valence electrons. The number of anilines is 1. The molecule has 4 rings (SSSR count). The van der Waals surface area contributed by atoms with Gasteiger partial charge in [0.25, 0.3) is 11.5 Å². The van der Waals surface area contributed by atoms with Gasteiger partial charge in [-0.3, -0.25) is 18.9 Å². The quantitative estimate of drug-likeness (QED) is 0.524. The minimum atomic E-state index is -0.225. The molecule has 0 saturated carbocycles. The van der Waals surface area contributed by atoms with Gasteiger partial charge in [-0.25, -0.2) is 4.98 Å². The van der Waals surface area contributed by atoms with Gasteiger partial charge in [0.1, 0.15) is 15.8 Å². The zero-order chi connectivity index (χ0) is 22.1. The van der Waals surface area contributed by atoms with Crippen molar-refractivity contribution in [1.29, 1.82) is 0 Å². The molecule has 1 amide bonds. The number of fused-ring (bicyclic) bond motifs is 1. The van der Waals surface area contributed by atoms with E-state index in [1.54, 1.807) is 17.2 Å². The zero-order valence-electron chi connectivity index (χ0n) is 17.9. The lowest BCUT2D eigenvalue weighted by atomic mass is 10.2. The van der Waals surface area contributed by atoms with E-state index >= 15 is 0 Å². The van der Waals surface area contributed by atoms with Gasteiger partial charge in [-0.2, -0.15) is 0 Å². The van der Waals surface area contributed by atoms with Crippen molar-refractivity contribution in [3.05, 3.63) is 44.7 Å². The lowest BCUT2D eigenvalue weighted by Crippen LogP contribution is -2.36. The predicted molar refractivity (Wildman–Crippen MR) is 128 cm³/mol. The fourth-order valence-electron chi connectivity index (χ4n) is 3.77. The fraction of sp³-hybridized carbons (Fsp3) is 0.455. The molecule has 0 unspecified atom stereocenters. The number of rotatable bonds is 6. The number of hydrogen-bond donors (Lipinski definition) is 1. The molecule has 0 radical (unpaired) electrons. The van der Waals surface area contributed by atoms with Crippen LogP contribution in [0.4, 0.5) is 5.82 Å². The van der Waals surface area contributed by atoms with Crippen LogP contribution in [0.25, 0.3) is 11.7 Å². The number of thiocarbonyl (C=S) groups is 1. The lowest BCUT2D eigenvalue weighted by Gasteiger charge is -2.21. The second-order valence-corrected chi connectivity index (χ2v) is 9.56. The normalized spacial score (nSPS) is 21.5. The number of hydrogen-bond acceptors (Lipinski definition) is 7. The van der Waals surface area contributed by atoms with Crippen molar-refractivity contribution in [2.24, 2.45) is 0 Å². The average molecular weight is 459 g/mol. The highest BCUT2D eigenvalue weighted by atomic mass is 32.2. The molecule has 31 heavy (non-hydrogen) atoms. The first-order valence-corrected chi connectivity index (χ1v) is 11.8. The topological polar surface area (TPSA) is 75.9 Å². The SMILES string of the molecule is CC[C@H](C)N1C(=O)/C(=C/c2c(NC[C@@H]3CCCO3)nc3c(C)cccn3c2=O)SC1=S. The largest absolute Gasteiger partial charge is 0.376 e. The molecule has 2 aliphatic heterocycles. The maximum atomic E-state index is 13.4. The molecule has 0 spiro atoms. The number of ether oxygens (including phenoxy) is 1. The highest BCUT2D eigenvalue weighted by Gasteiger charge is 2.35. The Balaban J connectivity index is 1.78. The van der Waals surface area contributed by atoms with E-state index < -0.39 is 0 Å². The molecule has 2 aromatic rings. The summed E-state index contributed by atoms with van der Waals surface area (Å²) in [6, 6.07) is 3.74. The van der Waals surface area contributed by atoms with Crippen molar-refractivity contribution >= 4 is 51.7 Å². The smallest absolute Gasteiger partial charge is 0.267 e. The lowest BCUT2D eigenvalue weighted by molar-refractivity contribution is -0.123. The summed E-state index contributed by atoms with van der Waals surface area (Å²) in [5.41, 5.74) is 1.61. The summed E-state index contributed by atoms with van der Waals surface area (Å²) >= 11 is 6.66. The summed E-state index contributed by atoms with van der Waals surface area (Å²) in [5, 5.41) is 3.30. The second kappa shape index (κ2) is 9.10. The van der Waals surface area contributed by atoms with Gasteiger partial charge >= 0.3 is 0 Å². The van der Waals surface area contributed by atoms with Crippen LogP contribution in [0.2, 0.25) is 0 Å². The highest BCUT2D eigenvalue weighted by molar-refractivity contribution is 8.26. The molecule has 7 nitrogen and oxygen atoms in total. The Morgan fingerprint density at radius 2 is 2.26 bits per heavy atom. The highest BCUT2D eigenvalue weighted by Crippen LogP contribution is 2.35. The van der Waals surface area contributed by atoms with Gasteiger partial charge in [-0.05, 0) is 50.8 Å². The summed E-state index contributed by atoms with van der Waals surface area (Å²) in [4.78, 5) is 33.2. The molecule has 2 fully saturated rings. The molecular weight excluding hydrogens is 432 g/mol. The van der Waals surface area contributed by atoms with Gasteiger partial charge < -0.3 is 10.1 Å². The van der Waals surface area contributed by atoms with Crippen LogP contribution < -0.4 is 10.9 Å². The van der Waals surface area contributed by atoms with E-state index in [1.165, 1.54) is 16.2 Å². The molecule has 2 aromatic heterocycles. The second-order valence-electron chi connectivity index (χ2n) is 7.89. The van der Waals surface area contributed by atoms with E-state index in [1.807, 2.05) is 32.9 Å². The zero-order valence-corrected chi connectivity index (χ0v) is 19.5. The third-order valence-electron chi connectivity index (χ3n) is 5.74. The molecule has 0 aliphatic carbocycles. The van der Waals surface area contributed by atoms with Crippen molar-refractivity contribution in [2.75, 3.05) is 18.5 Å². The number of carbonyl (C=O) groups excluding carboxylic acids is 1. The van der Waals surface area contributed by atoms with Crippen molar-refractivity contribution in [3.63, 3.8) is 0 Å². The molecule has 4 heterocycles. The first-order valence-electron chi connectivity index (χ1n) is 10.5. The standard InChI is InChI=1S/C22H26N4O3S2/c1-4-14(3)26-21(28)17(31-22(26)30)11-16-18(23-12-15-8-6-10-29-15)24-19-13(2)7-5-9-25(19)20(16)27/h5,7,9,11,14-15,23H,4,6,8,10,12H2,1-3H3/b17-11-/t14-,15-/m0/s1. The number of pyridine rings is 1. The fourth-order valence-corrected chi connectivity index (χ4v) is 5.21. The first-order chi connectivity index (χ1) is 14.9. The van der Waals surface area contributed by atoms with Crippen LogP contribution in [0.1, 0.15) is 44.2 Å². The monoisotopic (exact) mass is 458 g/mol. The third-order valence-corrected chi connectivity index (χ3v) is 7.07. The maximum absolute atomic E-state index is 13.4. The molecule has 1 N–H and O–H groups in total. The maximum Gasteiger partial charge on any atom is 0.267 e. The number of aryl methyl sites for hydroxylation is 1. The molecule has 2 aliphatic rings. The summed E-state index contributed by atoms with van der Waals surface area (Å²) in [6.07, 6.45) is 6.22. The van der Waals surface area contributed by atoms with Crippen molar-refractivity contribution in [3.8, 4) is 0 Å². The van der Waals surface area contributed by atoms with Crippen LogP contribution in [0.5, 0.6) is 0 Å². The predicted octanol–water partition coefficient (Wildman–Crippen LogP) is 3.59. The summed E-state index contributed by atoms with van der Waals surface area (Å²) < 4.78 is 7.74. The van der Waals surface area contributed by atoms with Gasteiger partial charge in [0, 0.05) is 25.4 Å². The van der Waals surface area contributed by atoms with E-state index in [0.29, 0.717) is 32.8 Å². The minimum Gasteiger partial charge on any atom is -0.376 e. The average Bonchev–Trinajstić information content (AvgIpc) is 3.37. The Bertz CT molecular complexity index is 1120. The first kappa shape index (κ1) is 22.0. The minimum absolute atomic E-state index is 0.00832. The van der Waals surface area contributed by atoms with E-state index in [0.717, 1.165) is 31.4 Å². The van der Waals surface area contributed by atoms with Gasteiger partial charge in [-0.1, -0.05) is 37.0 Å². The van der Waals surface area contributed by atoms with E-state index in [9.17, 15) is 9.59 Å². The molecule has 2 atom stereocenters. The molecule has 2 saturated heterocycles. The van der Waals surface area contributed by atoms with E-state index in [4.69, 9.17) is 21.9 Å². The number of nitrogens with zero attached hydrogens (tertiary/aromatic N) is 3. The van der Waals surface area contributed by atoms with E-state index in [2.05, 4.69) is 5.32 Å². The summed E-state index contributed by atoms with van der Waals surface area (Å²) in [6.45, 7) is 7.22. The van der Waals surface area contributed by atoms with Crippen molar-refractivity contribution < 1.29 is 9.53 Å². The molecule has 0 aromatic carbocycles. The van der Waals surface area contributed by atoms with Gasteiger partial charge in [0.05, 0.1) is 16.6 Å². The summed E-state index contributed by atoms with van der Waals surface area (Å²) in [5.74, 6) is 0.298. The van der Waals surface area contributed by atoms with Crippen molar-refractivity contribution in [1.82, 2.24) is 14.3 Å². The number of carbonyl (C=O) groups is 1. The van der Waals surface area contributed by atoms with Crippen LogP contribution in [0.3, 0.4) is 0 Å². The number of nitrogens with one attached hydrogen (secondary N) is 1. The Kier molecular flexibility index (Phi) is 6.45. The van der Waals surface area contributed by atoms with Crippen LogP contribution in [-0.4, -0.2) is 49.8 Å². The number of amides is 1. The van der Waals surface area contributed by atoms with Gasteiger partial charge in [0.15, 0.2) is 0 Å². The van der Waals surface area contributed by atoms with Gasteiger partial charge in [0.2, 0.25) is 0 Å². The van der Waals surface area contributed by atoms with Crippen LogP contribution in [0.15, 0.2) is 28.0 Å². The molecule has 0 bridgehead atoms. The van der Waals surface area contributed by atoms with E-state index in [-0.39, 0.29) is 23.6 Å². The number of aromatic nitrogens is 2. The van der Waals surface area contributed by atoms with Crippen LogP contribution in [0, 0.1) is 6.92 Å². The Labute approximate surface area is 190 Å². The summed E-state index contributed by atoms with van der Waals surface area (Å²) in [7, 11) is 0. The van der Waals surface area contributed by atoms with Gasteiger partial charge in [-0.15, -0.1) is 0 Å². The van der Waals surface area contributed by atoms with Crippen molar-refractivity contribution in [2.45, 2.75) is 52.2 Å². The number of thioether (sulfide) groups is 1.